The van der Waals surface area contributed by atoms with Gasteiger partial charge in [-0.3, -0.25) is 0 Å². The topological polar surface area (TPSA) is 149 Å². The third-order valence-corrected chi connectivity index (χ3v) is 0. The van der Waals surface area contributed by atoms with Gasteiger partial charge in [-0.2, -0.15) is 0 Å². The second-order valence-electron chi connectivity index (χ2n) is 0.447. The van der Waals surface area contributed by atoms with Crippen molar-refractivity contribution < 1.29 is 33.9 Å². The summed E-state index contributed by atoms with van der Waals surface area (Å²) in [5.41, 5.74) is 0. The molecule has 0 radical (unpaired) electrons. The van der Waals surface area contributed by atoms with Crippen LogP contribution in [0.2, 0.25) is 0 Å². The molecule has 0 rings (SSSR count). The van der Waals surface area contributed by atoms with E-state index in [1.54, 1.807) is 0 Å². The van der Waals surface area contributed by atoms with E-state index in [4.69, 9.17) is 34.0 Å². The SMILES string of the molecule is O=[N+]([O-])[O-].O=[N+]([O-])[O-].[O]=[Ti+2]. The quantitative estimate of drug-likeness (QED) is 0.279. The monoisotopic (exact) mass is 188 g/mol. The number of rotatable bonds is 0. The van der Waals surface area contributed by atoms with Gasteiger partial charge in [0, 0.05) is 0 Å². The second-order valence-corrected chi connectivity index (χ2v) is 0.447. The normalized spacial score (nSPS) is 5.40. The molecule has 0 N–H and O–H groups in total. The van der Waals surface area contributed by atoms with Crippen LogP contribution < -0.4 is 0 Å². The van der Waals surface area contributed by atoms with E-state index in [1.807, 2.05) is 0 Å². The Hall–Kier alpha value is -1.09. The molecule has 0 aromatic carbocycles. The molecule has 0 atom stereocenters. The van der Waals surface area contributed by atoms with E-state index in [2.05, 4.69) is 0 Å². The zero-order chi connectivity index (χ0) is 9.15. The van der Waals surface area contributed by atoms with Crippen molar-refractivity contribution in [1.29, 1.82) is 0 Å². The summed E-state index contributed by atoms with van der Waals surface area (Å²) in [6.07, 6.45) is 0. The van der Waals surface area contributed by atoms with Gasteiger partial charge in [0.15, 0.2) is 0 Å². The Kier molecular flexibility index (Phi) is 25.0. The van der Waals surface area contributed by atoms with Crippen molar-refractivity contribution in [1.82, 2.24) is 0 Å². The van der Waals surface area contributed by atoms with Gasteiger partial charge in [-0.15, -0.1) is 0 Å². The first-order valence-corrected chi connectivity index (χ1v) is 1.94. The van der Waals surface area contributed by atoms with E-state index in [0.717, 1.165) is 20.4 Å². The molecule has 0 spiro atoms. The maximum absolute atomic E-state index is 8.25. The fourth-order valence-electron chi connectivity index (χ4n) is 0. The molecule has 0 saturated carbocycles. The molecule has 0 aromatic rings. The fourth-order valence-corrected chi connectivity index (χ4v) is 0. The van der Waals surface area contributed by atoms with E-state index in [-0.39, 0.29) is 0 Å². The van der Waals surface area contributed by atoms with Gasteiger partial charge >= 0.3 is 23.7 Å². The average Bonchev–Trinajstić information content (AvgIpc) is 1.66. The van der Waals surface area contributed by atoms with Crippen molar-refractivity contribution in [3.05, 3.63) is 30.6 Å². The Labute approximate surface area is 65.2 Å². The van der Waals surface area contributed by atoms with E-state index < -0.39 is 10.2 Å². The van der Waals surface area contributed by atoms with E-state index >= 15 is 0 Å². The summed E-state index contributed by atoms with van der Waals surface area (Å²) in [4.78, 5) is 16.5. The molecule has 0 aliphatic carbocycles. The summed E-state index contributed by atoms with van der Waals surface area (Å²) < 4.78 is 8.25. The molecule has 0 amide bonds. The van der Waals surface area contributed by atoms with Crippen molar-refractivity contribution >= 4 is 0 Å². The third-order valence-electron chi connectivity index (χ3n) is 0. The van der Waals surface area contributed by atoms with E-state index in [9.17, 15) is 0 Å². The first-order chi connectivity index (χ1) is 4.46. The number of hydrogen-bond donors (Lipinski definition) is 0. The van der Waals surface area contributed by atoms with Crippen molar-refractivity contribution in [2.45, 2.75) is 0 Å². The summed E-state index contributed by atoms with van der Waals surface area (Å²) in [5, 5.41) is 29.5. The zero-order valence-corrected chi connectivity index (χ0v) is 5.81. The molecule has 0 bridgehead atoms. The molecule has 0 saturated heterocycles. The van der Waals surface area contributed by atoms with Crippen LogP contribution in [0, 0.1) is 30.6 Å². The van der Waals surface area contributed by atoms with Crippen LogP contribution in [0.4, 0.5) is 0 Å². The molecule has 0 unspecified atom stereocenters. The van der Waals surface area contributed by atoms with Gasteiger partial charge in [-0.25, -0.2) is 0 Å². The first kappa shape index (κ1) is 16.0. The average molecular weight is 188 g/mol. The van der Waals surface area contributed by atoms with Crippen LogP contribution in [0.25, 0.3) is 0 Å². The fraction of sp³-hybridized carbons (Fsp3) is 0. The molecule has 0 aliphatic rings. The van der Waals surface area contributed by atoms with Crippen LogP contribution in [0.1, 0.15) is 0 Å². The summed E-state index contributed by atoms with van der Waals surface area (Å²) in [5.74, 6) is 0. The Morgan fingerprint density at radius 3 is 0.800 bits per heavy atom. The first-order valence-electron chi connectivity index (χ1n) is 1.30. The Bertz CT molecular complexity index is 79.8. The molecule has 56 valence electrons. The van der Waals surface area contributed by atoms with Gasteiger partial charge < -0.3 is 30.6 Å². The van der Waals surface area contributed by atoms with Crippen molar-refractivity contribution in [2.24, 2.45) is 0 Å². The molecular weight excluding hydrogens is 188 g/mol. The minimum absolute atomic E-state index is 0.750. The summed E-state index contributed by atoms with van der Waals surface area (Å²) >= 11 is 0.750. The predicted molar refractivity (Wildman–Crippen MR) is 21.4 cm³/mol. The van der Waals surface area contributed by atoms with E-state index in [1.165, 1.54) is 0 Å². The summed E-state index contributed by atoms with van der Waals surface area (Å²) in [6, 6.07) is 0. The molecule has 0 aliphatic heterocycles. The molecule has 0 heterocycles. The Balaban J connectivity index is -0.0000000787. The second kappa shape index (κ2) is 15.7. The van der Waals surface area contributed by atoms with Crippen LogP contribution in [0.15, 0.2) is 0 Å². The van der Waals surface area contributed by atoms with Gasteiger partial charge in [-0.1, -0.05) is 0 Å². The molecule has 10 heavy (non-hydrogen) atoms. The van der Waals surface area contributed by atoms with Crippen LogP contribution in [0.3, 0.4) is 0 Å². The van der Waals surface area contributed by atoms with Gasteiger partial charge in [0.25, 0.3) is 0 Å². The van der Waals surface area contributed by atoms with Gasteiger partial charge in [0.05, 0.1) is 10.2 Å². The predicted octanol–water partition coefficient (Wildman–Crippen LogP) is -0.600. The standard InChI is InChI=1S/2NO3.O.Ti/c2*2-1(3)4;;/q2*-1;;+2. The van der Waals surface area contributed by atoms with Crippen LogP contribution in [-0.4, -0.2) is 10.2 Å². The number of hydrogen-bond acceptors (Lipinski definition) is 7. The summed E-state index contributed by atoms with van der Waals surface area (Å²) in [7, 11) is 0. The third kappa shape index (κ3) is 205. The van der Waals surface area contributed by atoms with E-state index in [0.29, 0.717) is 0 Å². The molecule has 0 fully saturated rings. The van der Waals surface area contributed by atoms with Gasteiger partial charge in [0.2, 0.25) is 0 Å². The van der Waals surface area contributed by atoms with Gasteiger partial charge in [-0.05, 0) is 0 Å². The number of nitrogens with zero attached hydrogens (tertiary/aromatic N) is 2. The summed E-state index contributed by atoms with van der Waals surface area (Å²) in [6.45, 7) is 0. The van der Waals surface area contributed by atoms with Crippen LogP contribution >= 0.6 is 0 Å². The van der Waals surface area contributed by atoms with Crippen molar-refractivity contribution in [3.63, 3.8) is 0 Å². The Morgan fingerprint density at radius 1 is 0.800 bits per heavy atom. The minimum atomic E-state index is -1.75. The molecule has 0 aromatic heterocycles. The molecular formula is N2O7Ti. The molecule has 9 nitrogen and oxygen atoms in total. The molecule has 10 heteroatoms. The maximum atomic E-state index is 8.25. The Morgan fingerprint density at radius 2 is 0.800 bits per heavy atom. The van der Waals surface area contributed by atoms with Crippen molar-refractivity contribution in [3.8, 4) is 0 Å². The van der Waals surface area contributed by atoms with Crippen LogP contribution in [-0.2, 0) is 23.7 Å². The van der Waals surface area contributed by atoms with Crippen molar-refractivity contribution in [2.75, 3.05) is 0 Å². The van der Waals surface area contributed by atoms with Crippen LogP contribution in [0.5, 0.6) is 0 Å². The van der Waals surface area contributed by atoms with Gasteiger partial charge in [0.1, 0.15) is 0 Å². The zero-order valence-electron chi connectivity index (χ0n) is 4.25.